The number of nitrogens with zero attached hydrogens (tertiary/aromatic N) is 1. The smallest absolute Gasteiger partial charge is 0.266 e. The van der Waals surface area contributed by atoms with Crippen LogP contribution >= 0.6 is 0 Å². The number of imide groups is 3. The molecule has 1 rings (SSSR count). The average molecular weight is 195 g/mol. The first-order valence-electron chi connectivity index (χ1n) is 3.93. The molecule has 0 bridgehead atoms. The van der Waals surface area contributed by atoms with Gasteiger partial charge in [0, 0.05) is 6.08 Å². The minimum Gasteiger partial charge on any atom is -0.388 e. The highest BCUT2D eigenvalue weighted by molar-refractivity contribution is 6.26. The Bertz CT molecular complexity index is 354. The fourth-order valence-electron chi connectivity index (χ4n) is 1.09. The van der Waals surface area contributed by atoms with Crippen LogP contribution in [0.4, 0.5) is 0 Å². The number of aliphatic hydroxyl groups excluding tert-OH is 1. The average Bonchev–Trinajstić information content (AvgIpc) is 2.41. The van der Waals surface area contributed by atoms with Crippen molar-refractivity contribution in [3.8, 4) is 0 Å². The summed E-state index contributed by atoms with van der Waals surface area (Å²) >= 11 is 0. The van der Waals surface area contributed by atoms with E-state index in [4.69, 9.17) is 5.11 Å². The number of carbonyl (C=O) groups is 3. The van der Waals surface area contributed by atoms with Crippen molar-refractivity contribution < 1.29 is 19.5 Å². The lowest BCUT2D eigenvalue weighted by Crippen LogP contribution is -2.36. The van der Waals surface area contributed by atoms with Gasteiger partial charge < -0.3 is 5.11 Å². The van der Waals surface area contributed by atoms with Gasteiger partial charge in [0.2, 0.25) is 0 Å². The maximum Gasteiger partial charge on any atom is 0.266 e. The maximum absolute atomic E-state index is 11.4. The zero-order chi connectivity index (χ0) is 10.9. The lowest BCUT2D eigenvalue weighted by molar-refractivity contribution is -0.146. The van der Waals surface area contributed by atoms with E-state index in [1.54, 1.807) is 0 Å². The van der Waals surface area contributed by atoms with Gasteiger partial charge in [0.15, 0.2) is 0 Å². The first-order valence-corrected chi connectivity index (χ1v) is 3.93. The second kappa shape index (κ2) is 3.55. The van der Waals surface area contributed by atoms with Gasteiger partial charge in [0.1, 0.15) is 0 Å². The molecule has 1 aliphatic rings. The monoisotopic (exact) mass is 195 g/mol. The summed E-state index contributed by atoms with van der Waals surface area (Å²) in [7, 11) is 0. The Morgan fingerprint density at radius 2 is 2.21 bits per heavy atom. The van der Waals surface area contributed by atoms with Crippen LogP contribution < -0.4 is 0 Å². The fraction of sp³-hybridized carbons (Fsp3) is 0.222. The van der Waals surface area contributed by atoms with Crippen LogP contribution in [-0.2, 0) is 14.4 Å². The standard InChI is InChI=1S/C9H9NO4/c1-3-7(12)10-8(13)4-6(5(2)11)9(10)14/h3-5,11H,1H2,2H3. The van der Waals surface area contributed by atoms with Crippen molar-refractivity contribution in [2.75, 3.05) is 0 Å². The number of rotatable bonds is 2. The van der Waals surface area contributed by atoms with E-state index in [2.05, 4.69) is 6.58 Å². The summed E-state index contributed by atoms with van der Waals surface area (Å²) in [6.07, 6.45) is 0.761. The van der Waals surface area contributed by atoms with Gasteiger partial charge in [0.25, 0.3) is 17.7 Å². The summed E-state index contributed by atoms with van der Waals surface area (Å²) < 4.78 is 0. The number of carbonyl (C=O) groups excluding carboxylic acids is 3. The van der Waals surface area contributed by atoms with E-state index in [0.717, 1.165) is 12.2 Å². The number of aliphatic hydroxyl groups is 1. The molecule has 0 saturated heterocycles. The van der Waals surface area contributed by atoms with E-state index < -0.39 is 23.8 Å². The third-order valence-corrected chi connectivity index (χ3v) is 1.79. The molecule has 1 unspecified atom stereocenters. The lowest BCUT2D eigenvalue weighted by atomic mass is 10.2. The predicted octanol–water partition coefficient (Wildman–Crippen LogP) is -0.625. The molecule has 0 fully saturated rings. The van der Waals surface area contributed by atoms with Crippen molar-refractivity contribution in [1.29, 1.82) is 0 Å². The zero-order valence-electron chi connectivity index (χ0n) is 7.56. The van der Waals surface area contributed by atoms with Gasteiger partial charge in [0.05, 0.1) is 11.7 Å². The van der Waals surface area contributed by atoms with Crippen molar-refractivity contribution in [2.45, 2.75) is 13.0 Å². The SMILES string of the molecule is C=CC(=O)N1C(=O)C=C(C(C)O)C1=O. The molecule has 5 heteroatoms. The Balaban J connectivity index is 3.00. The Morgan fingerprint density at radius 1 is 1.64 bits per heavy atom. The summed E-state index contributed by atoms with van der Waals surface area (Å²) in [6, 6.07) is 0. The number of hydrogen-bond acceptors (Lipinski definition) is 4. The molecular formula is C9H9NO4. The molecule has 0 aromatic heterocycles. The normalized spacial score (nSPS) is 18.1. The lowest BCUT2D eigenvalue weighted by Gasteiger charge is -2.10. The van der Waals surface area contributed by atoms with Crippen LogP contribution in [0.15, 0.2) is 24.3 Å². The van der Waals surface area contributed by atoms with Crippen molar-refractivity contribution >= 4 is 17.7 Å². The molecule has 0 aromatic rings. The molecule has 74 valence electrons. The molecule has 1 heterocycles. The first kappa shape index (κ1) is 10.3. The van der Waals surface area contributed by atoms with Crippen molar-refractivity contribution in [2.24, 2.45) is 0 Å². The van der Waals surface area contributed by atoms with Gasteiger partial charge in [-0.05, 0) is 13.0 Å². The summed E-state index contributed by atoms with van der Waals surface area (Å²) in [5, 5.41) is 9.11. The number of amides is 3. The van der Waals surface area contributed by atoms with Crippen LogP contribution in [0.5, 0.6) is 0 Å². The van der Waals surface area contributed by atoms with Crippen LogP contribution in [0.25, 0.3) is 0 Å². The van der Waals surface area contributed by atoms with Crippen molar-refractivity contribution in [3.05, 3.63) is 24.3 Å². The van der Waals surface area contributed by atoms with E-state index in [-0.39, 0.29) is 5.57 Å². The Labute approximate surface area is 80.3 Å². The van der Waals surface area contributed by atoms with Crippen LogP contribution in [0, 0.1) is 0 Å². The van der Waals surface area contributed by atoms with Gasteiger partial charge >= 0.3 is 0 Å². The topological polar surface area (TPSA) is 74.7 Å². The first-order chi connectivity index (χ1) is 6.49. The minimum atomic E-state index is -1.06. The van der Waals surface area contributed by atoms with E-state index in [1.807, 2.05) is 0 Å². The molecule has 1 atom stereocenters. The number of hydrogen-bond donors (Lipinski definition) is 1. The fourth-order valence-corrected chi connectivity index (χ4v) is 1.09. The minimum absolute atomic E-state index is 0.0785. The summed E-state index contributed by atoms with van der Waals surface area (Å²) in [5.41, 5.74) is -0.0785. The maximum atomic E-state index is 11.4. The van der Waals surface area contributed by atoms with E-state index >= 15 is 0 Å². The quantitative estimate of drug-likeness (QED) is 0.470. The van der Waals surface area contributed by atoms with Gasteiger partial charge in [-0.25, -0.2) is 4.90 Å². The molecule has 1 aliphatic heterocycles. The molecule has 5 nitrogen and oxygen atoms in total. The molecule has 0 saturated carbocycles. The van der Waals surface area contributed by atoms with Crippen molar-refractivity contribution in [3.63, 3.8) is 0 Å². The van der Waals surface area contributed by atoms with Crippen LogP contribution in [0.3, 0.4) is 0 Å². The molecular weight excluding hydrogens is 186 g/mol. The molecule has 14 heavy (non-hydrogen) atoms. The highest BCUT2D eigenvalue weighted by atomic mass is 16.3. The Hall–Kier alpha value is -1.75. The van der Waals surface area contributed by atoms with E-state index in [0.29, 0.717) is 4.90 Å². The van der Waals surface area contributed by atoms with E-state index in [9.17, 15) is 14.4 Å². The van der Waals surface area contributed by atoms with Crippen LogP contribution in [-0.4, -0.2) is 33.8 Å². The molecule has 0 radical (unpaired) electrons. The highest BCUT2D eigenvalue weighted by Gasteiger charge is 2.36. The van der Waals surface area contributed by atoms with Gasteiger partial charge in [-0.1, -0.05) is 6.58 Å². The summed E-state index contributed by atoms with van der Waals surface area (Å²) in [4.78, 5) is 34.0. The van der Waals surface area contributed by atoms with Gasteiger partial charge in [-0.3, -0.25) is 14.4 Å². The van der Waals surface area contributed by atoms with Gasteiger partial charge in [-0.2, -0.15) is 0 Å². The summed E-state index contributed by atoms with van der Waals surface area (Å²) in [6.45, 7) is 4.51. The van der Waals surface area contributed by atoms with Crippen molar-refractivity contribution in [1.82, 2.24) is 4.90 Å². The third kappa shape index (κ3) is 1.49. The Morgan fingerprint density at radius 3 is 2.57 bits per heavy atom. The molecule has 0 aliphatic carbocycles. The van der Waals surface area contributed by atoms with E-state index in [1.165, 1.54) is 6.92 Å². The molecule has 0 aromatic carbocycles. The second-order valence-corrected chi connectivity index (χ2v) is 2.80. The largest absolute Gasteiger partial charge is 0.388 e. The zero-order valence-corrected chi connectivity index (χ0v) is 7.56. The van der Waals surface area contributed by atoms with Crippen LogP contribution in [0.1, 0.15) is 6.92 Å². The molecule has 1 N–H and O–H groups in total. The second-order valence-electron chi connectivity index (χ2n) is 2.80. The third-order valence-electron chi connectivity index (χ3n) is 1.79. The van der Waals surface area contributed by atoms with Gasteiger partial charge in [-0.15, -0.1) is 0 Å². The Kier molecular flexibility index (Phi) is 2.62. The van der Waals surface area contributed by atoms with Crippen LogP contribution in [0.2, 0.25) is 0 Å². The predicted molar refractivity (Wildman–Crippen MR) is 46.8 cm³/mol. The summed E-state index contributed by atoms with van der Waals surface area (Å²) in [5.74, 6) is -2.31. The highest BCUT2D eigenvalue weighted by Crippen LogP contribution is 2.16. The molecule has 0 spiro atoms. The molecule has 3 amide bonds.